The summed E-state index contributed by atoms with van der Waals surface area (Å²) in [6.45, 7) is 3.94. The molecule has 0 saturated heterocycles. The van der Waals surface area contributed by atoms with Gasteiger partial charge in [0.2, 0.25) is 0 Å². The van der Waals surface area contributed by atoms with E-state index in [1.54, 1.807) is 13.8 Å². The molecule has 1 unspecified atom stereocenters. The second-order valence-electron chi connectivity index (χ2n) is 3.95. The molecule has 0 saturated carbocycles. The summed E-state index contributed by atoms with van der Waals surface area (Å²) < 4.78 is 1.42. The molecule has 0 fully saturated rings. The van der Waals surface area contributed by atoms with E-state index in [4.69, 9.17) is 10.2 Å². The number of carboxylic acid groups (broad SMARTS) is 2. The highest BCUT2D eigenvalue weighted by molar-refractivity contribution is 5.96. The summed E-state index contributed by atoms with van der Waals surface area (Å²) in [6, 6.07) is 0.0453. The second-order valence-corrected chi connectivity index (χ2v) is 3.95. The fourth-order valence-corrected chi connectivity index (χ4v) is 1.58. The van der Waals surface area contributed by atoms with Crippen molar-refractivity contribution in [1.82, 2.24) is 15.1 Å². The second kappa shape index (κ2) is 5.98. The Morgan fingerprint density at radius 1 is 1.42 bits per heavy atom. The normalized spacial score (nSPS) is 11.9. The molecule has 104 valence electrons. The molecular formula is C11H15N3O5. The Hall–Kier alpha value is -2.38. The molecule has 0 aliphatic heterocycles. The molecular weight excluding hydrogens is 254 g/mol. The van der Waals surface area contributed by atoms with E-state index >= 15 is 0 Å². The van der Waals surface area contributed by atoms with Crippen molar-refractivity contribution in [2.75, 3.05) is 0 Å². The maximum atomic E-state index is 11.9. The van der Waals surface area contributed by atoms with Gasteiger partial charge >= 0.3 is 11.9 Å². The molecule has 0 spiro atoms. The molecule has 0 bridgehead atoms. The van der Waals surface area contributed by atoms with Crippen molar-refractivity contribution in [3.8, 4) is 0 Å². The van der Waals surface area contributed by atoms with Gasteiger partial charge in [-0.1, -0.05) is 0 Å². The number of aliphatic carboxylic acids is 2. The Morgan fingerprint density at radius 2 is 2.05 bits per heavy atom. The molecule has 0 aliphatic rings. The van der Waals surface area contributed by atoms with Gasteiger partial charge in [-0.25, -0.2) is 4.79 Å². The van der Waals surface area contributed by atoms with Crippen LogP contribution in [-0.2, 0) is 16.1 Å². The van der Waals surface area contributed by atoms with Crippen LogP contribution in [0.1, 0.15) is 29.5 Å². The zero-order valence-electron chi connectivity index (χ0n) is 10.6. The van der Waals surface area contributed by atoms with Gasteiger partial charge in [-0.3, -0.25) is 14.3 Å². The molecule has 1 atom stereocenters. The monoisotopic (exact) mass is 269 g/mol. The molecule has 0 radical (unpaired) electrons. The van der Waals surface area contributed by atoms with Crippen molar-refractivity contribution >= 4 is 17.8 Å². The molecule has 19 heavy (non-hydrogen) atoms. The van der Waals surface area contributed by atoms with Crippen LogP contribution in [0, 0.1) is 6.92 Å². The van der Waals surface area contributed by atoms with Gasteiger partial charge < -0.3 is 15.5 Å². The molecule has 1 amide bonds. The lowest BCUT2D eigenvalue weighted by Crippen LogP contribution is -2.42. The lowest BCUT2D eigenvalue weighted by molar-refractivity contribution is -0.145. The minimum Gasteiger partial charge on any atom is -0.481 e. The molecule has 8 heteroatoms. The number of carbonyl (C=O) groups excluding carboxylic acids is 1. The Balaban J connectivity index is 2.87. The van der Waals surface area contributed by atoms with Crippen LogP contribution in [0.2, 0.25) is 0 Å². The first kappa shape index (κ1) is 14.7. The number of hydrogen-bond acceptors (Lipinski definition) is 4. The molecule has 1 rings (SSSR count). The quantitative estimate of drug-likeness (QED) is 0.661. The van der Waals surface area contributed by atoms with Gasteiger partial charge in [0.25, 0.3) is 5.91 Å². The third kappa shape index (κ3) is 3.80. The highest BCUT2D eigenvalue weighted by Crippen LogP contribution is 2.05. The average Bonchev–Trinajstić information content (AvgIpc) is 2.68. The molecule has 8 nitrogen and oxygen atoms in total. The van der Waals surface area contributed by atoms with E-state index in [1.165, 1.54) is 10.7 Å². The number of aromatic nitrogens is 2. The summed E-state index contributed by atoms with van der Waals surface area (Å²) in [5, 5.41) is 23.7. The highest BCUT2D eigenvalue weighted by Gasteiger charge is 2.25. The van der Waals surface area contributed by atoms with Crippen LogP contribution in [0.5, 0.6) is 0 Å². The van der Waals surface area contributed by atoms with Crippen molar-refractivity contribution in [2.45, 2.75) is 32.9 Å². The van der Waals surface area contributed by atoms with Crippen molar-refractivity contribution in [1.29, 1.82) is 0 Å². The molecule has 1 heterocycles. The minimum absolute atomic E-state index is 0.205. The van der Waals surface area contributed by atoms with Gasteiger partial charge in [0.15, 0.2) is 0 Å². The van der Waals surface area contributed by atoms with Crippen molar-refractivity contribution in [3.05, 3.63) is 17.5 Å². The Morgan fingerprint density at radius 3 is 2.53 bits per heavy atom. The van der Waals surface area contributed by atoms with Crippen LogP contribution in [0.15, 0.2) is 6.07 Å². The first-order valence-electron chi connectivity index (χ1n) is 5.65. The summed E-state index contributed by atoms with van der Waals surface area (Å²) in [7, 11) is 0. The van der Waals surface area contributed by atoms with Crippen LogP contribution in [0.25, 0.3) is 0 Å². The van der Waals surface area contributed by atoms with Crippen LogP contribution in [-0.4, -0.2) is 43.9 Å². The summed E-state index contributed by atoms with van der Waals surface area (Å²) in [6.07, 6.45) is -0.680. The lowest BCUT2D eigenvalue weighted by Gasteiger charge is -2.12. The Kier molecular flexibility index (Phi) is 4.62. The zero-order valence-corrected chi connectivity index (χ0v) is 10.6. The number of rotatable bonds is 6. The number of aryl methyl sites for hydroxylation is 2. The van der Waals surface area contributed by atoms with Gasteiger partial charge in [-0.2, -0.15) is 5.10 Å². The molecule has 3 N–H and O–H groups in total. The maximum Gasteiger partial charge on any atom is 0.326 e. The van der Waals surface area contributed by atoms with E-state index in [0.717, 1.165) is 0 Å². The fraction of sp³-hybridized carbons (Fsp3) is 0.455. The molecule has 0 aromatic carbocycles. The molecule has 1 aromatic rings. The number of nitrogens with one attached hydrogen (secondary N) is 1. The van der Waals surface area contributed by atoms with E-state index in [9.17, 15) is 14.4 Å². The van der Waals surface area contributed by atoms with Crippen LogP contribution in [0.3, 0.4) is 0 Å². The number of nitrogens with zero attached hydrogens (tertiary/aromatic N) is 2. The first-order chi connectivity index (χ1) is 8.85. The summed E-state index contributed by atoms with van der Waals surface area (Å²) in [4.78, 5) is 33.3. The van der Waals surface area contributed by atoms with E-state index < -0.39 is 30.3 Å². The number of carbonyl (C=O) groups is 3. The lowest BCUT2D eigenvalue weighted by atomic mass is 10.2. The maximum absolute atomic E-state index is 11.9. The fourth-order valence-electron chi connectivity index (χ4n) is 1.58. The van der Waals surface area contributed by atoms with Gasteiger partial charge in [-0.15, -0.1) is 0 Å². The Bertz CT molecular complexity index is 508. The van der Waals surface area contributed by atoms with Crippen LogP contribution in [0.4, 0.5) is 0 Å². The average molecular weight is 269 g/mol. The zero-order chi connectivity index (χ0) is 14.6. The molecule has 1 aromatic heterocycles. The summed E-state index contributed by atoms with van der Waals surface area (Å²) >= 11 is 0. The predicted molar refractivity (Wildman–Crippen MR) is 63.8 cm³/mol. The number of hydrogen-bond donors (Lipinski definition) is 3. The largest absolute Gasteiger partial charge is 0.481 e. The minimum atomic E-state index is -1.47. The standard InChI is InChI=1S/C11H15N3O5/c1-3-14-8(4-6(2)13-14)10(17)12-7(11(18)19)5-9(15)16/h4,7H,3,5H2,1-2H3,(H,12,17)(H,15,16)(H,18,19). The van der Waals surface area contributed by atoms with Crippen molar-refractivity contribution in [2.24, 2.45) is 0 Å². The smallest absolute Gasteiger partial charge is 0.326 e. The van der Waals surface area contributed by atoms with Crippen molar-refractivity contribution in [3.63, 3.8) is 0 Å². The van der Waals surface area contributed by atoms with Crippen LogP contribution < -0.4 is 5.32 Å². The highest BCUT2D eigenvalue weighted by atomic mass is 16.4. The number of carboxylic acids is 2. The molecule has 0 aliphatic carbocycles. The summed E-state index contributed by atoms with van der Waals surface area (Å²) in [5.74, 6) is -3.35. The van der Waals surface area contributed by atoms with E-state index in [2.05, 4.69) is 10.4 Å². The first-order valence-corrected chi connectivity index (χ1v) is 5.65. The third-order valence-electron chi connectivity index (χ3n) is 2.42. The number of amides is 1. The van der Waals surface area contributed by atoms with Crippen LogP contribution >= 0.6 is 0 Å². The van der Waals surface area contributed by atoms with Gasteiger partial charge in [0.1, 0.15) is 11.7 Å². The SMILES string of the molecule is CCn1nc(C)cc1C(=O)NC(CC(=O)O)C(=O)O. The van der Waals surface area contributed by atoms with Gasteiger partial charge in [0, 0.05) is 6.54 Å². The van der Waals surface area contributed by atoms with Gasteiger partial charge in [0.05, 0.1) is 12.1 Å². The van der Waals surface area contributed by atoms with E-state index in [1.807, 2.05) is 0 Å². The van der Waals surface area contributed by atoms with E-state index in [0.29, 0.717) is 12.2 Å². The van der Waals surface area contributed by atoms with Crippen molar-refractivity contribution < 1.29 is 24.6 Å². The Labute approximate surface area is 109 Å². The third-order valence-corrected chi connectivity index (χ3v) is 2.42. The van der Waals surface area contributed by atoms with E-state index in [-0.39, 0.29) is 5.69 Å². The topological polar surface area (TPSA) is 122 Å². The summed E-state index contributed by atoms with van der Waals surface area (Å²) in [5.41, 5.74) is 0.828. The van der Waals surface area contributed by atoms with Gasteiger partial charge in [-0.05, 0) is 19.9 Å². The predicted octanol–water partition coefficient (Wildman–Crippen LogP) is -0.131.